The summed E-state index contributed by atoms with van der Waals surface area (Å²) in [5, 5.41) is 2.90. The molecule has 0 heterocycles. The van der Waals surface area contributed by atoms with E-state index in [1.54, 1.807) is 12.1 Å². The molecule has 7 heteroatoms. The van der Waals surface area contributed by atoms with Crippen LogP contribution in [0, 0.1) is 0 Å². The average molecular weight is 387 g/mol. The lowest BCUT2D eigenvalue weighted by Crippen LogP contribution is -2.31. The smallest absolute Gasteiger partial charge is 0.307 e. The second kappa shape index (κ2) is 10.2. The van der Waals surface area contributed by atoms with E-state index >= 15 is 0 Å². The molecule has 0 radical (unpaired) electrons. The van der Waals surface area contributed by atoms with Crippen molar-refractivity contribution in [2.75, 3.05) is 28.4 Å². The Bertz CT molecular complexity index is 806. The van der Waals surface area contributed by atoms with Gasteiger partial charge in [0.2, 0.25) is 11.7 Å². The lowest BCUT2D eigenvalue weighted by Gasteiger charge is -2.19. The highest BCUT2D eigenvalue weighted by Gasteiger charge is 2.22. The van der Waals surface area contributed by atoms with Crippen LogP contribution in [-0.2, 0) is 20.7 Å². The molecule has 2 aromatic rings. The minimum atomic E-state index is -0.493. The normalized spacial score (nSPS) is 11.3. The lowest BCUT2D eigenvalue weighted by atomic mass is 10.0. The largest absolute Gasteiger partial charge is 0.493 e. The summed E-state index contributed by atoms with van der Waals surface area (Å²) in [6, 6.07) is 12.2. The summed E-state index contributed by atoms with van der Waals surface area (Å²) in [6.45, 7) is 0. The molecule has 0 aromatic heterocycles. The van der Waals surface area contributed by atoms with Crippen LogP contribution < -0.4 is 19.5 Å². The molecule has 0 aliphatic rings. The van der Waals surface area contributed by atoms with E-state index in [-0.39, 0.29) is 18.7 Å². The highest BCUT2D eigenvalue weighted by atomic mass is 16.5. The fourth-order valence-electron chi connectivity index (χ4n) is 2.91. The van der Waals surface area contributed by atoms with Gasteiger partial charge in [0.1, 0.15) is 0 Å². The molecule has 0 saturated heterocycles. The van der Waals surface area contributed by atoms with Crippen LogP contribution in [0.3, 0.4) is 0 Å². The number of benzene rings is 2. The molecule has 0 bridgehead atoms. The van der Waals surface area contributed by atoms with Crippen molar-refractivity contribution in [3.8, 4) is 17.2 Å². The quantitative estimate of drug-likeness (QED) is 0.666. The molecular formula is C21H25NO6. The maximum Gasteiger partial charge on any atom is 0.307 e. The van der Waals surface area contributed by atoms with Gasteiger partial charge in [0, 0.05) is 5.56 Å². The summed E-state index contributed by atoms with van der Waals surface area (Å²) in [4.78, 5) is 24.5. The van der Waals surface area contributed by atoms with Crippen LogP contribution in [0.4, 0.5) is 0 Å². The first-order valence-electron chi connectivity index (χ1n) is 8.73. The molecule has 0 spiro atoms. The van der Waals surface area contributed by atoms with E-state index in [0.717, 1.165) is 5.56 Å². The molecule has 1 N–H and O–H groups in total. The van der Waals surface area contributed by atoms with Crippen LogP contribution >= 0.6 is 0 Å². The molecule has 1 amide bonds. The molecule has 150 valence electrons. The van der Waals surface area contributed by atoms with Crippen LogP contribution in [-0.4, -0.2) is 40.3 Å². The van der Waals surface area contributed by atoms with E-state index in [1.165, 1.54) is 28.4 Å². The first-order valence-corrected chi connectivity index (χ1v) is 8.73. The van der Waals surface area contributed by atoms with Gasteiger partial charge in [-0.3, -0.25) is 9.59 Å². The number of hydrogen-bond acceptors (Lipinski definition) is 6. The van der Waals surface area contributed by atoms with E-state index in [2.05, 4.69) is 5.32 Å². The van der Waals surface area contributed by atoms with Gasteiger partial charge in [-0.25, -0.2) is 0 Å². The predicted molar refractivity (Wildman–Crippen MR) is 104 cm³/mol. The summed E-state index contributed by atoms with van der Waals surface area (Å²) < 4.78 is 20.8. The second-order valence-corrected chi connectivity index (χ2v) is 5.98. The highest BCUT2D eigenvalue weighted by Crippen LogP contribution is 2.39. The van der Waals surface area contributed by atoms with Gasteiger partial charge in [0.25, 0.3) is 0 Å². The first kappa shape index (κ1) is 21.1. The summed E-state index contributed by atoms with van der Waals surface area (Å²) >= 11 is 0. The maximum atomic E-state index is 12.7. The minimum absolute atomic E-state index is 0.0370. The van der Waals surface area contributed by atoms with E-state index in [1.807, 2.05) is 30.3 Å². The Morgan fingerprint density at radius 1 is 0.893 bits per heavy atom. The summed E-state index contributed by atoms with van der Waals surface area (Å²) in [7, 11) is 5.86. The number of carbonyl (C=O) groups excluding carboxylic acids is 2. The molecular weight excluding hydrogens is 362 g/mol. The van der Waals surface area contributed by atoms with Gasteiger partial charge in [-0.15, -0.1) is 0 Å². The first-order chi connectivity index (χ1) is 13.5. The Morgan fingerprint density at radius 2 is 1.57 bits per heavy atom. The van der Waals surface area contributed by atoms with Gasteiger partial charge in [0.15, 0.2) is 11.5 Å². The fourth-order valence-corrected chi connectivity index (χ4v) is 2.91. The summed E-state index contributed by atoms with van der Waals surface area (Å²) in [5.41, 5.74) is 1.46. The van der Waals surface area contributed by atoms with Crippen LogP contribution in [0.15, 0.2) is 42.5 Å². The number of esters is 1. The van der Waals surface area contributed by atoms with Crippen LogP contribution in [0.2, 0.25) is 0 Å². The van der Waals surface area contributed by atoms with Crippen molar-refractivity contribution >= 4 is 11.9 Å². The monoisotopic (exact) mass is 387 g/mol. The molecule has 1 unspecified atom stereocenters. The zero-order valence-electron chi connectivity index (χ0n) is 16.5. The molecule has 2 aromatic carbocycles. The van der Waals surface area contributed by atoms with E-state index < -0.39 is 12.0 Å². The number of ether oxygens (including phenoxy) is 4. The lowest BCUT2D eigenvalue weighted by molar-refractivity contribution is -0.141. The third kappa shape index (κ3) is 5.16. The Labute approximate surface area is 164 Å². The number of amides is 1. The third-order valence-electron chi connectivity index (χ3n) is 4.27. The topological polar surface area (TPSA) is 83.1 Å². The Balaban J connectivity index is 2.22. The molecule has 0 saturated carbocycles. The molecule has 0 fully saturated rings. The van der Waals surface area contributed by atoms with Gasteiger partial charge in [0.05, 0.1) is 47.3 Å². The molecule has 0 aliphatic carbocycles. The van der Waals surface area contributed by atoms with Crippen molar-refractivity contribution in [1.82, 2.24) is 5.32 Å². The Kier molecular flexibility index (Phi) is 7.68. The van der Waals surface area contributed by atoms with Gasteiger partial charge in [-0.2, -0.15) is 0 Å². The highest BCUT2D eigenvalue weighted by molar-refractivity contribution is 5.81. The Hall–Kier alpha value is -3.22. The number of rotatable bonds is 9. The van der Waals surface area contributed by atoms with Crippen molar-refractivity contribution in [3.05, 3.63) is 53.6 Å². The Morgan fingerprint density at radius 3 is 2.14 bits per heavy atom. The summed E-state index contributed by atoms with van der Waals surface area (Å²) in [6.07, 6.45) is 0.0867. The van der Waals surface area contributed by atoms with Crippen molar-refractivity contribution in [1.29, 1.82) is 0 Å². The van der Waals surface area contributed by atoms with Crippen LogP contribution in [0.5, 0.6) is 17.2 Å². The second-order valence-electron chi connectivity index (χ2n) is 5.98. The maximum absolute atomic E-state index is 12.7. The number of methoxy groups -OCH3 is 4. The number of carbonyl (C=O) groups is 2. The molecule has 28 heavy (non-hydrogen) atoms. The fraction of sp³-hybridized carbons (Fsp3) is 0.333. The molecule has 0 aliphatic heterocycles. The number of nitrogens with one attached hydrogen (secondary N) is 1. The van der Waals surface area contributed by atoms with Crippen LogP contribution in [0.1, 0.15) is 23.6 Å². The molecule has 2 rings (SSSR count). The van der Waals surface area contributed by atoms with Crippen molar-refractivity contribution < 1.29 is 28.5 Å². The van der Waals surface area contributed by atoms with Crippen molar-refractivity contribution in [3.63, 3.8) is 0 Å². The third-order valence-corrected chi connectivity index (χ3v) is 4.27. The average Bonchev–Trinajstić information content (AvgIpc) is 2.73. The van der Waals surface area contributed by atoms with Gasteiger partial charge in [-0.1, -0.05) is 36.4 Å². The van der Waals surface area contributed by atoms with Crippen LogP contribution in [0.25, 0.3) is 0 Å². The number of hydrogen-bond donors (Lipinski definition) is 1. The zero-order chi connectivity index (χ0) is 20.5. The van der Waals surface area contributed by atoms with Crippen molar-refractivity contribution in [2.24, 2.45) is 0 Å². The predicted octanol–water partition coefficient (Wildman–Crippen LogP) is 2.68. The molecule has 7 nitrogen and oxygen atoms in total. The van der Waals surface area contributed by atoms with Gasteiger partial charge >= 0.3 is 5.97 Å². The van der Waals surface area contributed by atoms with E-state index in [9.17, 15) is 9.59 Å². The minimum Gasteiger partial charge on any atom is -0.493 e. The van der Waals surface area contributed by atoms with Gasteiger partial charge in [-0.05, 0) is 11.6 Å². The van der Waals surface area contributed by atoms with E-state index in [0.29, 0.717) is 22.8 Å². The van der Waals surface area contributed by atoms with E-state index in [4.69, 9.17) is 18.9 Å². The summed E-state index contributed by atoms with van der Waals surface area (Å²) in [5.74, 6) is 0.697. The zero-order valence-corrected chi connectivity index (χ0v) is 16.5. The van der Waals surface area contributed by atoms with Crippen molar-refractivity contribution in [2.45, 2.75) is 18.9 Å². The standard InChI is InChI=1S/C21H25NO6/c1-25-17-11-10-15(20(27-3)21(17)28-4)12-18(23)22-16(13-19(24)26-2)14-8-6-5-7-9-14/h5-11,16H,12-13H2,1-4H3,(H,22,23). The SMILES string of the molecule is COC(=O)CC(NC(=O)Cc1ccc(OC)c(OC)c1OC)c1ccccc1. The molecule has 1 atom stereocenters. The van der Waals surface area contributed by atoms with Gasteiger partial charge < -0.3 is 24.3 Å².